The average molecular weight is 240 g/mol. The van der Waals surface area contributed by atoms with Gasteiger partial charge >= 0.3 is 0 Å². The number of rotatable bonds is 5. The molecule has 0 saturated heterocycles. The first-order valence-corrected chi connectivity index (χ1v) is 6.88. The molecule has 0 fully saturated rings. The topological polar surface area (TPSA) is 38.0 Å². The van der Waals surface area contributed by atoms with Crippen molar-refractivity contribution in [2.45, 2.75) is 25.9 Å². The van der Waals surface area contributed by atoms with Crippen LogP contribution in [-0.2, 0) is 6.54 Å². The van der Waals surface area contributed by atoms with Gasteiger partial charge in [0, 0.05) is 26.9 Å². The summed E-state index contributed by atoms with van der Waals surface area (Å²) in [5.41, 5.74) is 5.51. The Bertz CT molecular complexity index is 390. The highest BCUT2D eigenvalue weighted by atomic mass is 32.1. The van der Waals surface area contributed by atoms with E-state index in [0.29, 0.717) is 6.04 Å². The van der Waals surface area contributed by atoms with Gasteiger partial charge in [-0.1, -0.05) is 0 Å². The fourth-order valence-corrected chi connectivity index (χ4v) is 3.62. The molecule has 2 aromatic heterocycles. The molecule has 0 spiro atoms. The van der Waals surface area contributed by atoms with Crippen LogP contribution >= 0.6 is 22.7 Å². The van der Waals surface area contributed by atoms with Gasteiger partial charge in [-0.15, -0.1) is 22.7 Å². The zero-order chi connectivity index (χ0) is 10.7. The number of hydrogen-bond donors (Lipinski definition) is 2. The van der Waals surface area contributed by atoms with Crippen LogP contribution in [0.3, 0.4) is 0 Å². The van der Waals surface area contributed by atoms with Crippen molar-refractivity contribution in [1.29, 1.82) is 0 Å². The highest BCUT2D eigenvalue weighted by Crippen LogP contribution is 2.29. The summed E-state index contributed by atoms with van der Waals surface area (Å²) in [6.07, 6.45) is 1.04. The van der Waals surface area contributed by atoms with E-state index < -0.39 is 0 Å². The Labute approximate surface area is 98.1 Å². The van der Waals surface area contributed by atoms with Gasteiger partial charge in [0.2, 0.25) is 0 Å². The monoisotopic (exact) mass is 240 g/mol. The number of nitrogens with two attached hydrogens (primary N) is 1. The van der Waals surface area contributed by atoms with Gasteiger partial charge in [0.15, 0.2) is 0 Å². The van der Waals surface area contributed by atoms with Gasteiger partial charge < -0.3 is 11.1 Å². The summed E-state index contributed by atoms with van der Waals surface area (Å²) in [5, 5.41) is 5.63. The van der Waals surface area contributed by atoms with Gasteiger partial charge in [-0.05, 0) is 37.4 Å². The maximum absolute atomic E-state index is 5.51. The molecule has 0 aliphatic heterocycles. The van der Waals surface area contributed by atoms with Crippen molar-refractivity contribution in [2.75, 3.05) is 6.54 Å². The van der Waals surface area contributed by atoms with Crippen LogP contribution < -0.4 is 11.1 Å². The Morgan fingerprint density at radius 2 is 2.33 bits per heavy atom. The summed E-state index contributed by atoms with van der Waals surface area (Å²) >= 11 is 3.70. The number of nitrogens with one attached hydrogen (secondary N) is 1. The van der Waals surface area contributed by atoms with Crippen LogP contribution in [0.1, 0.15) is 18.2 Å². The second kappa shape index (κ2) is 5.07. The molecule has 0 radical (unpaired) electrons. The van der Waals surface area contributed by atoms with E-state index >= 15 is 0 Å². The first kappa shape index (κ1) is 11.1. The van der Waals surface area contributed by atoms with Crippen LogP contribution in [0, 0.1) is 0 Å². The standard InChI is InChI=1S/C11H16N2S2/c1-8(2-4-12)13-7-9-6-11-10(15-9)3-5-14-11/h3,5-6,8,13H,2,4,7,12H2,1H3. The number of fused-ring (bicyclic) bond motifs is 1. The van der Waals surface area contributed by atoms with E-state index in [0.717, 1.165) is 19.5 Å². The molecule has 0 aliphatic rings. The van der Waals surface area contributed by atoms with E-state index in [4.69, 9.17) is 5.73 Å². The Balaban J connectivity index is 1.92. The second-order valence-corrected chi connectivity index (χ2v) is 5.84. The van der Waals surface area contributed by atoms with Crippen LogP contribution in [0.25, 0.3) is 9.40 Å². The fourth-order valence-electron chi connectivity index (χ4n) is 1.53. The molecule has 1 unspecified atom stereocenters. The van der Waals surface area contributed by atoms with Gasteiger partial charge in [0.1, 0.15) is 0 Å². The molecule has 3 N–H and O–H groups in total. The summed E-state index contributed by atoms with van der Waals surface area (Å²) in [6, 6.07) is 4.99. The van der Waals surface area contributed by atoms with E-state index in [1.54, 1.807) is 0 Å². The van der Waals surface area contributed by atoms with Crippen molar-refractivity contribution >= 4 is 32.1 Å². The summed E-state index contributed by atoms with van der Waals surface area (Å²) in [6.45, 7) is 3.91. The average Bonchev–Trinajstić information content (AvgIpc) is 2.74. The molecular formula is C11H16N2S2. The van der Waals surface area contributed by atoms with Crippen molar-refractivity contribution < 1.29 is 0 Å². The predicted molar refractivity (Wildman–Crippen MR) is 69.7 cm³/mol. The van der Waals surface area contributed by atoms with Crippen molar-refractivity contribution in [3.8, 4) is 0 Å². The van der Waals surface area contributed by atoms with E-state index in [1.165, 1.54) is 14.3 Å². The third kappa shape index (κ3) is 2.78. The predicted octanol–water partition coefficient (Wildman–Crippen LogP) is 2.79. The summed E-state index contributed by atoms with van der Waals surface area (Å²) in [7, 11) is 0. The van der Waals surface area contributed by atoms with Gasteiger partial charge in [-0.3, -0.25) is 0 Å². The zero-order valence-electron chi connectivity index (χ0n) is 8.82. The maximum atomic E-state index is 5.51. The van der Waals surface area contributed by atoms with Crippen LogP contribution in [0.2, 0.25) is 0 Å². The molecule has 4 heteroatoms. The number of thiophene rings is 2. The van der Waals surface area contributed by atoms with Gasteiger partial charge in [-0.25, -0.2) is 0 Å². The van der Waals surface area contributed by atoms with Crippen molar-refractivity contribution in [1.82, 2.24) is 5.32 Å². The lowest BCUT2D eigenvalue weighted by molar-refractivity contribution is 0.522. The Morgan fingerprint density at radius 1 is 1.47 bits per heavy atom. The van der Waals surface area contributed by atoms with Crippen molar-refractivity contribution in [3.63, 3.8) is 0 Å². The van der Waals surface area contributed by atoms with E-state index in [2.05, 4.69) is 29.8 Å². The minimum absolute atomic E-state index is 0.509. The molecule has 2 aromatic rings. The SMILES string of the molecule is CC(CCN)NCc1cc2sccc2s1. The fraction of sp³-hybridized carbons (Fsp3) is 0.455. The molecule has 1 atom stereocenters. The van der Waals surface area contributed by atoms with E-state index in [9.17, 15) is 0 Å². The normalized spacial score (nSPS) is 13.5. The molecule has 0 amide bonds. The molecule has 0 aromatic carbocycles. The van der Waals surface area contributed by atoms with Crippen LogP contribution in [0.5, 0.6) is 0 Å². The van der Waals surface area contributed by atoms with Gasteiger partial charge in [-0.2, -0.15) is 0 Å². The Kier molecular flexibility index (Phi) is 3.75. The maximum Gasteiger partial charge on any atom is 0.0453 e. The lowest BCUT2D eigenvalue weighted by Crippen LogP contribution is -2.27. The number of hydrogen-bond acceptors (Lipinski definition) is 4. The van der Waals surface area contributed by atoms with E-state index in [-0.39, 0.29) is 0 Å². The lowest BCUT2D eigenvalue weighted by Gasteiger charge is -2.10. The van der Waals surface area contributed by atoms with Crippen molar-refractivity contribution in [3.05, 3.63) is 22.4 Å². The highest BCUT2D eigenvalue weighted by Gasteiger charge is 2.04. The minimum Gasteiger partial charge on any atom is -0.330 e. The van der Waals surface area contributed by atoms with Crippen LogP contribution in [0.4, 0.5) is 0 Å². The Morgan fingerprint density at radius 3 is 3.07 bits per heavy atom. The third-order valence-corrected chi connectivity index (χ3v) is 4.51. The first-order chi connectivity index (χ1) is 7.29. The summed E-state index contributed by atoms with van der Waals surface area (Å²) in [5.74, 6) is 0. The van der Waals surface area contributed by atoms with Crippen LogP contribution in [0.15, 0.2) is 17.5 Å². The molecule has 15 heavy (non-hydrogen) atoms. The molecule has 2 nitrogen and oxygen atoms in total. The molecule has 82 valence electrons. The Hall–Kier alpha value is -0.420. The molecule has 0 bridgehead atoms. The molecule has 2 rings (SSSR count). The summed E-state index contributed by atoms with van der Waals surface area (Å²) < 4.78 is 2.81. The quantitative estimate of drug-likeness (QED) is 0.843. The molecular weight excluding hydrogens is 224 g/mol. The second-order valence-electron chi connectivity index (χ2n) is 3.72. The highest BCUT2D eigenvalue weighted by molar-refractivity contribution is 7.26. The zero-order valence-corrected chi connectivity index (χ0v) is 10.5. The largest absolute Gasteiger partial charge is 0.330 e. The molecule has 2 heterocycles. The van der Waals surface area contributed by atoms with Crippen LogP contribution in [-0.4, -0.2) is 12.6 Å². The first-order valence-electron chi connectivity index (χ1n) is 5.19. The van der Waals surface area contributed by atoms with Gasteiger partial charge in [0.25, 0.3) is 0 Å². The minimum atomic E-state index is 0.509. The van der Waals surface area contributed by atoms with Crippen molar-refractivity contribution in [2.24, 2.45) is 5.73 Å². The molecule has 0 aliphatic carbocycles. The smallest absolute Gasteiger partial charge is 0.0453 e. The third-order valence-electron chi connectivity index (χ3n) is 2.41. The van der Waals surface area contributed by atoms with E-state index in [1.807, 2.05) is 22.7 Å². The van der Waals surface area contributed by atoms with Gasteiger partial charge in [0.05, 0.1) is 0 Å². The lowest BCUT2D eigenvalue weighted by atomic mass is 10.2. The molecule has 0 saturated carbocycles. The summed E-state index contributed by atoms with van der Waals surface area (Å²) in [4.78, 5) is 1.42.